The summed E-state index contributed by atoms with van der Waals surface area (Å²) in [5.74, 6) is 0.972. The number of nitrogens with zero attached hydrogens (tertiary/aromatic N) is 1. The lowest BCUT2D eigenvalue weighted by Gasteiger charge is -2.05. The lowest BCUT2D eigenvalue weighted by atomic mass is 10.1. The van der Waals surface area contributed by atoms with Gasteiger partial charge < -0.3 is 5.32 Å². The van der Waals surface area contributed by atoms with Gasteiger partial charge in [-0.05, 0) is 24.5 Å². The van der Waals surface area contributed by atoms with Crippen LogP contribution in [0.25, 0.3) is 0 Å². The highest BCUT2D eigenvalue weighted by atomic mass is 15.0. The van der Waals surface area contributed by atoms with Crippen LogP contribution in [0.2, 0.25) is 0 Å². The summed E-state index contributed by atoms with van der Waals surface area (Å²) < 4.78 is 0. The number of aryl methyl sites for hydroxylation is 1. The van der Waals surface area contributed by atoms with Crippen molar-refractivity contribution in [2.75, 3.05) is 12.4 Å². The van der Waals surface area contributed by atoms with Crippen LogP contribution in [0.5, 0.6) is 0 Å². The normalized spacial score (nSPS) is 9.42. The Kier molecular flexibility index (Phi) is 3.33. The molecule has 0 unspecified atom stereocenters. The highest BCUT2D eigenvalue weighted by Gasteiger charge is 1.98. The molecule has 1 aromatic rings. The smallest absolute Gasteiger partial charge is 0.128 e. The molecule has 2 nitrogen and oxygen atoms in total. The summed E-state index contributed by atoms with van der Waals surface area (Å²) >= 11 is 0. The van der Waals surface area contributed by atoms with Crippen molar-refractivity contribution < 1.29 is 0 Å². The summed E-state index contributed by atoms with van der Waals surface area (Å²) in [6.07, 6.45) is 5.73. The van der Waals surface area contributed by atoms with Gasteiger partial charge in [0, 0.05) is 13.2 Å². The lowest BCUT2D eigenvalue weighted by Crippen LogP contribution is -1.97. The van der Waals surface area contributed by atoms with Gasteiger partial charge in [-0.1, -0.05) is 12.1 Å². The van der Waals surface area contributed by atoms with E-state index in [-0.39, 0.29) is 0 Å². The van der Waals surface area contributed by atoms with Crippen LogP contribution in [0.3, 0.4) is 0 Å². The van der Waals surface area contributed by atoms with Gasteiger partial charge in [0.1, 0.15) is 5.82 Å². The molecule has 0 aliphatic carbocycles. The van der Waals surface area contributed by atoms with E-state index >= 15 is 0 Å². The maximum Gasteiger partial charge on any atom is 0.128 e. The first-order valence-electron chi connectivity index (χ1n) is 4.11. The van der Waals surface area contributed by atoms with Gasteiger partial charge in [-0.2, -0.15) is 0 Å². The molecule has 0 saturated heterocycles. The number of hydrogen-bond donors (Lipinski definition) is 1. The van der Waals surface area contributed by atoms with Crippen LogP contribution < -0.4 is 5.32 Å². The fourth-order valence-electron chi connectivity index (χ4n) is 1.12. The van der Waals surface area contributed by atoms with Gasteiger partial charge in [-0.15, -0.1) is 6.58 Å². The van der Waals surface area contributed by atoms with Crippen molar-refractivity contribution in [3.63, 3.8) is 0 Å². The highest BCUT2D eigenvalue weighted by molar-refractivity contribution is 5.43. The minimum Gasteiger partial charge on any atom is -0.373 e. The van der Waals surface area contributed by atoms with Crippen molar-refractivity contribution in [2.45, 2.75) is 12.8 Å². The van der Waals surface area contributed by atoms with Gasteiger partial charge in [-0.3, -0.25) is 0 Å². The minimum absolute atomic E-state index is 0.972. The van der Waals surface area contributed by atoms with Crippen molar-refractivity contribution in [3.8, 4) is 0 Å². The third-order valence-corrected chi connectivity index (χ3v) is 1.75. The van der Waals surface area contributed by atoms with Crippen LogP contribution >= 0.6 is 0 Å². The summed E-state index contributed by atoms with van der Waals surface area (Å²) in [6, 6.07) is 4.04. The van der Waals surface area contributed by atoms with E-state index in [2.05, 4.69) is 22.9 Å². The standard InChI is InChI=1S/C10H14N2/c1-3-4-6-9-7-5-8-12-10(9)11-2/h3,5,7-8H,1,4,6H2,2H3,(H,11,12). The summed E-state index contributed by atoms with van der Waals surface area (Å²) in [5, 5.41) is 3.06. The molecule has 0 saturated carbocycles. The topological polar surface area (TPSA) is 24.9 Å². The molecule has 0 spiro atoms. The number of anilines is 1. The molecular formula is C10H14N2. The van der Waals surface area contributed by atoms with E-state index in [4.69, 9.17) is 0 Å². The quantitative estimate of drug-likeness (QED) is 0.687. The second-order valence-corrected chi connectivity index (χ2v) is 2.59. The summed E-state index contributed by atoms with van der Waals surface area (Å²) in [6.45, 7) is 3.69. The highest BCUT2D eigenvalue weighted by Crippen LogP contribution is 2.12. The van der Waals surface area contributed by atoms with E-state index in [0.29, 0.717) is 0 Å². The maximum absolute atomic E-state index is 4.20. The number of nitrogens with one attached hydrogen (secondary N) is 1. The fraction of sp³-hybridized carbons (Fsp3) is 0.300. The summed E-state index contributed by atoms with van der Waals surface area (Å²) in [5.41, 5.74) is 1.25. The largest absolute Gasteiger partial charge is 0.373 e. The van der Waals surface area contributed by atoms with E-state index in [0.717, 1.165) is 18.7 Å². The van der Waals surface area contributed by atoms with Crippen LogP contribution in [-0.4, -0.2) is 12.0 Å². The van der Waals surface area contributed by atoms with Crippen molar-refractivity contribution in [2.24, 2.45) is 0 Å². The first-order chi connectivity index (χ1) is 5.88. The molecule has 0 atom stereocenters. The molecule has 1 heterocycles. The number of hydrogen-bond acceptors (Lipinski definition) is 2. The van der Waals surface area contributed by atoms with Crippen molar-refractivity contribution >= 4 is 5.82 Å². The molecule has 0 bridgehead atoms. The summed E-state index contributed by atoms with van der Waals surface area (Å²) in [4.78, 5) is 4.20. The summed E-state index contributed by atoms with van der Waals surface area (Å²) in [7, 11) is 1.89. The van der Waals surface area contributed by atoms with E-state index in [1.165, 1.54) is 5.56 Å². The number of pyridine rings is 1. The molecule has 1 N–H and O–H groups in total. The van der Waals surface area contributed by atoms with Crippen LogP contribution in [-0.2, 0) is 6.42 Å². The Hall–Kier alpha value is -1.31. The SMILES string of the molecule is C=CCCc1cccnc1NC. The Morgan fingerprint density at radius 1 is 1.67 bits per heavy atom. The zero-order valence-corrected chi connectivity index (χ0v) is 7.38. The van der Waals surface area contributed by atoms with Gasteiger partial charge in [0.2, 0.25) is 0 Å². The van der Waals surface area contributed by atoms with Crippen molar-refractivity contribution in [1.82, 2.24) is 4.98 Å². The van der Waals surface area contributed by atoms with Gasteiger partial charge in [-0.25, -0.2) is 4.98 Å². The molecule has 0 amide bonds. The molecular weight excluding hydrogens is 148 g/mol. The Morgan fingerprint density at radius 2 is 2.50 bits per heavy atom. The molecule has 0 aliphatic rings. The minimum atomic E-state index is 0.972. The van der Waals surface area contributed by atoms with E-state index in [1.807, 2.05) is 19.2 Å². The third kappa shape index (κ3) is 2.09. The molecule has 0 radical (unpaired) electrons. The molecule has 12 heavy (non-hydrogen) atoms. The molecule has 64 valence electrons. The first kappa shape index (κ1) is 8.78. The van der Waals surface area contributed by atoms with Gasteiger partial charge in [0.15, 0.2) is 0 Å². The predicted octanol–water partition coefficient (Wildman–Crippen LogP) is 2.24. The third-order valence-electron chi connectivity index (χ3n) is 1.75. The Balaban J connectivity index is 2.74. The Labute approximate surface area is 73.3 Å². The number of aromatic nitrogens is 1. The number of rotatable bonds is 4. The van der Waals surface area contributed by atoms with Crippen LogP contribution in [0.15, 0.2) is 31.0 Å². The molecule has 0 fully saturated rings. The van der Waals surface area contributed by atoms with Crippen molar-refractivity contribution in [1.29, 1.82) is 0 Å². The molecule has 1 aromatic heterocycles. The van der Waals surface area contributed by atoms with E-state index in [9.17, 15) is 0 Å². The number of allylic oxidation sites excluding steroid dienone is 1. The molecule has 2 heteroatoms. The predicted molar refractivity (Wildman–Crippen MR) is 52.3 cm³/mol. The van der Waals surface area contributed by atoms with Crippen LogP contribution in [0.1, 0.15) is 12.0 Å². The van der Waals surface area contributed by atoms with Gasteiger partial charge in [0.25, 0.3) is 0 Å². The average molecular weight is 162 g/mol. The van der Waals surface area contributed by atoms with Crippen LogP contribution in [0.4, 0.5) is 5.82 Å². The monoisotopic (exact) mass is 162 g/mol. The molecule has 0 aromatic carbocycles. The second-order valence-electron chi connectivity index (χ2n) is 2.59. The zero-order chi connectivity index (χ0) is 8.81. The van der Waals surface area contributed by atoms with E-state index in [1.54, 1.807) is 6.20 Å². The maximum atomic E-state index is 4.20. The van der Waals surface area contributed by atoms with E-state index < -0.39 is 0 Å². The average Bonchev–Trinajstić information content (AvgIpc) is 2.15. The molecule has 1 rings (SSSR count). The van der Waals surface area contributed by atoms with Crippen molar-refractivity contribution in [3.05, 3.63) is 36.5 Å². The zero-order valence-electron chi connectivity index (χ0n) is 7.38. The van der Waals surface area contributed by atoms with Crippen LogP contribution in [0, 0.1) is 0 Å². The second kappa shape index (κ2) is 4.54. The fourth-order valence-corrected chi connectivity index (χ4v) is 1.12. The Morgan fingerprint density at radius 3 is 3.17 bits per heavy atom. The molecule has 0 aliphatic heterocycles. The first-order valence-corrected chi connectivity index (χ1v) is 4.11. The van der Waals surface area contributed by atoms with Gasteiger partial charge >= 0.3 is 0 Å². The van der Waals surface area contributed by atoms with Gasteiger partial charge in [0.05, 0.1) is 0 Å². The Bertz CT molecular complexity index is 256. The lowest BCUT2D eigenvalue weighted by molar-refractivity contribution is 0.991.